The number of halogens is 3. The van der Waals surface area contributed by atoms with Crippen molar-refractivity contribution in [1.82, 2.24) is 0 Å². The SMILES string of the molecule is Cc1c(Cl)c(C)c(Cl)c(OCC(=O)Nc2cccc(NC(=O)c3ccco3)c2)c1Cl. The molecular formula is C21H17Cl3N2O4. The molecule has 6 nitrogen and oxygen atoms in total. The lowest BCUT2D eigenvalue weighted by molar-refractivity contribution is -0.118. The molecule has 2 amide bonds. The maximum Gasteiger partial charge on any atom is 0.291 e. The van der Waals surface area contributed by atoms with Gasteiger partial charge in [0.1, 0.15) is 0 Å². The van der Waals surface area contributed by atoms with Crippen molar-refractivity contribution in [2.75, 3.05) is 17.2 Å². The number of benzene rings is 2. The number of ether oxygens (including phenoxy) is 1. The number of nitrogens with one attached hydrogen (secondary N) is 2. The van der Waals surface area contributed by atoms with Gasteiger partial charge >= 0.3 is 0 Å². The summed E-state index contributed by atoms with van der Waals surface area (Å²) in [5.74, 6) is -0.445. The van der Waals surface area contributed by atoms with Gasteiger partial charge in [-0.2, -0.15) is 0 Å². The van der Waals surface area contributed by atoms with Crippen molar-refractivity contribution in [2.24, 2.45) is 0 Å². The number of carbonyl (C=O) groups excluding carboxylic acids is 2. The van der Waals surface area contributed by atoms with Crippen LogP contribution in [0.25, 0.3) is 0 Å². The molecule has 0 spiro atoms. The Labute approximate surface area is 188 Å². The first kappa shape index (κ1) is 22.0. The zero-order valence-corrected chi connectivity index (χ0v) is 18.3. The lowest BCUT2D eigenvalue weighted by Crippen LogP contribution is -2.20. The fourth-order valence-corrected chi connectivity index (χ4v) is 3.47. The zero-order valence-electron chi connectivity index (χ0n) is 16.0. The number of anilines is 2. The van der Waals surface area contributed by atoms with Crippen LogP contribution in [0, 0.1) is 13.8 Å². The van der Waals surface area contributed by atoms with Crippen LogP contribution in [0.15, 0.2) is 47.1 Å². The van der Waals surface area contributed by atoms with E-state index in [0.29, 0.717) is 27.5 Å². The Morgan fingerprint density at radius 2 is 1.57 bits per heavy atom. The second-order valence-corrected chi connectivity index (χ2v) is 7.50. The van der Waals surface area contributed by atoms with E-state index in [-0.39, 0.29) is 28.2 Å². The molecule has 0 radical (unpaired) electrons. The summed E-state index contributed by atoms with van der Waals surface area (Å²) in [6, 6.07) is 9.83. The predicted molar refractivity (Wildman–Crippen MR) is 118 cm³/mol. The molecule has 0 fully saturated rings. The Morgan fingerprint density at radius 3 is 2.17 bits per heavy atom. The van der Waals surface area contributed by atoms with Crippen LogP contribution in [0.1, 0.15) is 21.7 Å². The third-order valence-corrected chi connectivity index (χ3v) is 5.69. The van der Waals surface area contributed by atoms with Gasteiger partial charge in [-0.05, 0) is 55.3 Å². The van der Waals surface area contributed by atoms with Crippen LogP contribution in [-0.2, 0) is 4.79 Å². The van der Waals surface area contributed by atoms with Gasteiger partial charge in [0.05, 0.1) is 16.3 Å². The van der Waals surface area contributed by atoms with E-state index in [2.05, 4.69) is 10.6 Å². The molecule has 156 valence electrons. The molecule has 1 aromatic heterocycles. The Kier molecular flexibility index (Phi) is 6.92. The highest BCUT2D eigenvalue weighted by atomic mass is 35.5. The fraction of sp³-hybridized carbons (Fsp3) is 0.143. The Balaban J connectivity index is 1.64. The van der Waals surface area contributed by atoms with Crippen LogP contribution < -0.4 is 15.4 Å². The average Bonchev–Trinajstić information content (AvgIpc) is 3.26. The average molecular weight is 468 g/mol. The van der Waals surface area contributed by atoms with Crippen LogP contribution in [0.4, 0.5) is 11.4 Å². The van der Waals surface area contributed by atoms with Crippen molar-refractivity contribution in [1.29, 1.82) is 0 Å². The summed E-state index contributed by atoms with van der Waals surface area (Å²) < 4.78 is 10.6. The van der Waals surface area contributed by atoms with Crippen LogP contribution in [-0.4, -0.2) is 18.4 Å². The quantitative estimate of drug-likeness (QED) is 0.457. The van der Waals surface area contributed by atoms with Gasteiger partial charge in [-0.15, -0.1) is 0 Å². The van der Waals surface area contributed by atoms with E-state index >= 15 is 0 Å². The van der Waals surface area contributed by atoms with Crippen LogP contribution in [0.5, 0.6) is 5.75 Å². The maximum atomic E-state index is 12.3. The molecule has 1 heterocycles. The minimum Gasteiger partial charge on any atom is -0.481 e. The van der Waals surface area contributed by atoms with Crippen molar-refractivity contribution in [2.45, 2.75) is 13.8 Å². The summed E-state index contributed by atoms with van der Waals surface area (Å²) in [7, 11) is 0. The molecule has 0 atom stereocenters. The third kappa shape index (κ3) is 4.90. The number of carbonyl (C=O) groups is 2. The van der Waals surface area contributed by atoms with E-state index in [1.165, 1.54) is 6.26 Å². The summed E-state index contributed by atoms with van der Waals surface area (Å²) in [6.07, 6.45) is 1.41. The summed E-state index contributed by atoms with van der Waals surface area (Å²) >= 11 is 18.7. The molecule has 0 aliphatic rings. The molecule has 0 unspecified atom stereocenters. The van der Waals surface area contributed by atoms with Gasteiger partial charge in [-0.3, -0.25) is 9.59 Å². The standard InChI is InChI=1S/C21H17Cl3N2O4/c1-11-17(22)12(2)19(24)20(18(11)23)30-10-16(27)25-13-5-3-6-14(9-13)26-21(28)15-7-4-8-29-15/h3-9H,10H2,1-2H3,(H,25,27)(H,26,28). The first-order valence-corrected chi connectivity index (χ1v) is 9.92. The molecule has 0 saturated carbocycles. The Bertz CT molecular complexity index is 1070. The second kappa shape index (κ2) is 9.43. The number of rotatable bonds is 6. The van der Waals surface area contributed by atoms with Crippen molar-refractivity contribution in [3.63, 3.8) is 0 Å². The third-order valence-electron chi connectivity index (χ3n) is 4.21. The minimum absolute atomic E-state index is 0.181. The van der Waals surface area contributed by atoms with Gasteiger partial charge in [0.25, 0.3) is 11.8 Å². The summed E-state index contributed by atoms with van der Waals surface area (Å²) in [5.41, 5.74) is 2.21. The van der Waals surface area contributed by atoms with Crippen molar-refractivity contribution < 1.29 is 18.7 Å². The maximum absolute atomic E-state index is 12.3. The largest absolute Gasteiger partial charge is 0.481 e. The van der Waals surface area contributed by atoms with E-state index in [0.717, 1.165) is 0 Å². The molecule has 30 heavy (non-hydrogen) atoms. The first-order valence-electron chi connectivity index (χ1n) is 8.79. The minimum atomic E-state index is -0.429. The number of hydrogen-bond donors (Lipinski definition) is 2. The van der Waals surface area contributed by atoms with Crippen molar-refractivity contribution in [3.05, 3.63) is 74.6 Å². The molecule has 9 heteroatoms. The van der Waals surface area contributed by atoms with Crippen LogP contribution >= 0.6 is 34.8 Å². The Morgan fingerprint density at radius 1 is 0.933 bits per heavy atom. The molecule has 2 N–H and O–H groups in total. The fourth-order valence-electron chi connectivity index (χ4n) is 2.65. The molecule has 2 aromatic carbocycles. The topological polar surface area (TPSA) is 80.6 Å². The Hall–Kier alpha value is -2.67. The molecule has 3 rings (SSSR count). The van der Waals surface area contributed by atoms with Gasteiger partial charge in [0, 0.05) is 16.4 Å². The smallest absolute Gasteiger partial charge is 0.291 e. The van der Waals surface area contributed by atoms with E-state index in [9.17, 15) is 9.59 Å². The van der Waals surface area contributed by atoms with E-state index in [1.54, 1.807) is 50.2 Å². The number of furan rings is 1. The molecule has 0 saturated heterocycles. The highest BCUT2D eigenvalue weighted by molar-refractivity contribution is 6.42. The van der Waals surface area contributed by atoms with Crippen molar-refractivity contribution >= 4 is 58.0 Å². The number of amides is 2. The molecule has 0 bridgehead atoms. The highest BCUT2D eigenvalue weighted by Crippen LogP contribution is 2.42. The van der Waals surface area contributed by atoms with Gasteiger partial charge in [-0.1, -0.05) is 40.9 Å². The zero-order chi connectivity index (χ0) is 21.8. The van der Waals surface area contributed by atoms with Gasteiger partial charge in [0.2, 0.25) is 0 Å². The van der Waals surface area contributed by atoms with E-state index < -0.39 is 11.8 Å². The summed E-state index contributed by atoms with van der Waals surface area (Å²) in [5, 5.41) is 6.34. The van der Waals surface area contributed by atoms with Gasteiger partial charge in [0.15, 0.2) is 18.1 Å². The van der Waals surface area contributed by atoms with Crippen LogP contribution in [0.2, 0.25) is 15.1 Å². The lowest BCUT2D eigenvalue weighted by Gasteiger charge is -2.15. The summed E-state index contributed by atoms with van der Waals surface area (Å²) in [4.78, 5) is 24.4. The number of hydrogen-bond acceptors (Lipinski definition) is 4. The predicted octanol–water partition coefficient (Wildman–Crippen LogP) is 6.13. The normalized spacial score (nSPS) is 10.6. The summed E-state index contributed by atoms with van der Waals surface area (Å²) in [6.45, 7) is 3.16. The first-order chi connectivity index (χ1) is 14.3. The highest BCUT2D eigenvalue weighted by Gasteiger charge is 2.19. The molecular weight excluding hydrogens is 451 g/mol. The van der Waals surface area contributed by atoms with Gasteiger partial charge in [-0.25, -0.2) is 0 Å². The lowest BCUT2D eigenvalue weighted by atomic mass is 10.1. The molecule has 0 aliphatic heterocycles. The van der Waals surface area contributed by atoms with E-state index in [1.807, 2.05) is 0 Å². The monoisotopic (exact) mass is 466 g/mol. The molecule has 0 aliphatic carbocycles. The van der Waals surface area contributed by atoms with Gasteiger partial charge < -0.3 is 19.8 Å². The van der Waals surface area contributed by atoms with Crippen molar-refractivity contribution in [3.8, 4) is 5.75 Å². The van der Waals surface area contributed by atoms with E-state index in [4.69, 9.17) is 44.0 Å². The van der Waals surface area contributed by atoms with Crippen LogP contribution in [0.3, 0.4) is 0 Å². The molecule has 3 aromatic rings. The second-order valence-electron chi connectivity index (χ2n) is 6.37.